The van der Waals surface area contributed by atoms with Gasteiger partial charge in [0.25, 0.3) is 5.91 Å². The van der Waals surface area contributed by atoms with E-state index in [9.17, 15) is 4.79 Å². The lowest BCUT2D eigenvalue weighted by molar-refractivity contribution is 0.0941. The maximum absolute atomic E-state index is 12.3. The molecule has 1 aliphatic rings. The molecule has 0 radical (unpaired) electrons. The molecular formula is C18H21N5OS. The third-order valence-corrected chi connectivity index (χ3v) is 5.35. The molecule has 4 heterocycles. The van der Waals surface area contributed by atoms with Crippen LogP contribution in [0.2, 0.25) is 0 Å². The molecule has 1 N–H and O–H groups in total. The zero-order chi connectivity index (χ0) is 17.2. The predicted octanol–water partition coefficient (Wildman–Crippen LogP) is 2.23. The summed E-state index contributed by atoms with van der Waals surface area (Å²) < 4.78 is 4.05. The van der Waals surface area contributed by atoms with Gasteiger partial charge in [-0.25, -0.2) is 4.98 Å². The Morgan fingerprint density at radius 3 is 3.04 bits per heavy atom. The highest BCUT2D eigenvalue weighted by Gasteiger charge is 2.20. The molecule has 0 aliphatic carbocycles. The van der Waals surface area contributed by atoms with Crippen LogP contribution in [0.15, 0.2) is 41.4 Å². The Bertz CT molecular complexity index is 864. The van der Waals surface area contributed by atoms with Crippen LogP contribution in [0.3, 0.4) is 0 Å². The molecule has 0 fully saturated rings. The second kappa shape index (κ2) is 6.85. The number of carbonyl (C=O) groups is 1. The molecule has 3 aromatic heterocycles. The van der Waals surface area contributed by atoms with Gasteiger partial charge in [-0.3, -0.25) is 9.69 Å². The number of nitrogens with zero attached hydrogens (tertiary/aromatic N) is 4. The van der Waals surface area contributed by atoms with Gasteiger partial charge in [0.15, 0.2) is 0 Å². The summed E-state index contributed by atoms with van der Waals surface area (Å²) in [5.74, 6) is 1.02. The van der Waals surface area contributed by atoms with E-state index in [1.807, 2.05) is 36.1 Å². The van der Waals surface area contributed by atoms with E-state index in [1.54, 1.807) is 11.3 Å². The molecule has 0 aromatic carbocycles. The second-order valence-corrected chi connectivity index (χ2v) is 7.13. The van der Waals surface area contributed by atoms with Crippen molar-refractivity contribution in [3.05, 3.63) is 64.1 Å². The van der Waals surface area contributed by atoms with Gasteiger partial charge in [0, 0.05) is 32.9 Å². The quantitative estimate of drug-likeness (QED) is 0.764. The number of aromatic nitrogens is 3. The number of fused-ring (bicyclic) bond motifs is 1. The Morgan fingerprint density at radius 1 is 1.36 bits per heavy atom. The summed E-state index contributed by atoms with van der Waals surface area (Å²) in [4.78, 5) is 19.2. The first-order chi connectivity index (χ1) is 12.2. The van der Waals surface area contributed by atoms with Gasteiger partial charge < -0.3 is 14.5 Å². The van der Waals surface area contributed by atoms with E-state index in [2.05, 4.69) is 36.6 Å². The van der Waals surface area contributed by atoms with Crippen LogP contribution in [0, 0.1) is 0 Å². The summed E-state index contributed by atoms with van der Waals surface area (Å²) in [6, 6.07) is 5.87. The minimum Gasteiger partial charge on any atom is -0.347 e. The highest BCUT2D eigenvalue weighted by atomic mass is 32.1. The van der Waals surface area contributed by atoms with Crippen LogP contribution in [-0.2, 0) is 33.2 Å². The third kappa shape index (κ3) is 3.38. The number of amides is 1. The second-order valence-electron chi connectivity index (χ2n) is 6.35. The van der Waals surface area contributed by atoms with E-state index in [-0.39, 0.29) is 5.91 Å². The van der Waals surface area contributed by atoms with Gasteiger partial charge in [-0.05, 0) is 34.5 Å². The first-order valence-electron chi connectivity index (χ1n) is 8.37. The standard InChI is InChI=1S/C18H21N5OS/c1-21-5-2-3-16(21)18(24)20-10-15-9-19-17-12-22(6-7-23(15)17)11-14-4-8-25-13-14/h2-5,8-9,13H,6-7,10-12H2,1H3,(H,20,24). The van der Waals surface area contributed by atoms with Gasteiger partial charge in [0.1, 0.15) is 11.5 Å². The summed E-state index contributed by atoms with van der Waals surface area (Å²) in [6.07, 6.45) is 3.76. The molecule has 0 bridgehead atoms. The van der Waals surface area contributed by atoms with Crippen LogP contribution in [0.25, 0.3) is 0 Å². The molecule has 7 heteroatoms. The molecule has 3 aromatic rings. The van der Waals surface area contributed by atoms with Crippen LogP contribution in [0.5, 0.6) is 0 Å². The monoisotopic (exact) mass is 355 g/mol. The number of thiophene rings is 1. The van der Waals surface area contributed by atoms with Gasteiger partial charge in [0.05, 0.1) is 25.0 Å². The number of hydrogen-bond donors (Lipinski definition) is 1. The molecule has 25 heavy (non-hydrogen) atoms. The summed E-state index contributed by atoms with van der Waals surface area (Å²) in [7, 11) is 1.87. The Kier molecular flexibility index (Phi) is 4.42. The Balaban J connectivity index is 1.38. The zero-order valence-corrected chi connectivity index (χ0v) is 15.0. The molecule has 130 valence electrons. The van der Waals surface area contributed by atoms with E-state index >= 15 is 0 Å². The number of carbonyl (C=O) groups excluding carboxylic acids is 1. The fourth-order valence-corrected chi connectivity index (χ4v) is 3.91. The van der Waals surface area contributed by atoms with Crippen molar-refractivity contribution in [2.75, 3.05) is 6.54 Å². The van der Waals surface area contributed by atoms with Crippen molar-refractivity contribution in [3.8, 4) is 0 Å². The van der Waals surface area contributed by atoms with E-state index in [0.29, 0.717) is 12.2 Å². The van der Waals surface area contributed by atoms with E-state index in [1.165, 1.54) is 5.56 Å². The van der Waals surface area contributed by atoms with E-state index in [0.717, 1.165) is 37.7 Å². The van der Waals surface area contributed by atoms with Crippen molar-refractivity contribution in [1.82, 2.24) is 24.3 Å². The lowest BCUT2D eigenvalue weighted by Gasteiger charge is -2.28. The lowest BCUT2D eigenvalue weighted by atomic mass is 10.2. The van der Waals surface area contributed by atoms with Crippen LogP contribution in [-0.4, -0.2) is 31.5 Å². The number of hydrogen-bond acceptors (Lipinski definition) is 4. The highest BCUT2D eigenvalue weighted by Crippen LogP contribution is 2.18. The minimum absolute atomic E-state index is 0.0575. The topological polar surface area (TPSA) is 55.1 Å². The zero-order valence-electron chi connectivity index (χ0n) is 14.2. The summed E-state index contributed by atoms with van der Waals surface area (Å²) in [6.45, 7) is 4.23. The SMILES string of the molecule is Cn1cccc1C(=O)NCc1cnc2n1CCN(Cc1ccsc1)C2. The van der Waals surface area contributed by atoms with Gasteiger partial charge in [-0.15, -0.1) is 0 Å². The largest absolute Gasteiger partial charge is 0.347 e. The van der Waals surface area contributed by atoms with Crippen LogP contribution >= 0.6 is 11.3 Å². The van der Waals surface area contributed by atoms with Crippen molar-refractivity contribution < 1.29 is 4.79 Å². The fraction of sp³-hybridized carbons (Fsp3) is 0.333. The van der Waals surface area contributed by atoms with Crippen LogP contribution in [0.4, 0.5) is 0 Å². The predicted molar refractivity (Wildman–Crippen MR) is 97.2 cm³/mol. The van der Waals surface area contributed by atoms with Crippen LogP contribution < -0.4 is 5.32 Å². The highest BCUT2D eigenvalue weighted by molar-refractivity contribution is 7.07. The van der Waals surface area contributed by atoms with Gasteiger partial charge in [-0.2, -0.15) is 11.3 Å². The normalized spacial score (nSPS) is 14.4. The fourth-order valence-electron chi connectivity index (χ4n) is 3.25. The molecule has 0 spiro atoms. The molecule has 0 atom stereocenters. The van der Waals surface area contributed by atoms with Crippen molar-refractivity contribution in [1.29, 1.82) is 0 Å². The van der Waals surface area contributed by atoms with E-state index in [4.69, 9.17) is 0 Å². The molecule has 6 nitrogen and oxygen atoms in total. The maximum Gasteiger partial charge on any atom is 0.268 e. The van der Waals surface area contributed by atoms with Crippen molar-refractivity contribution in [2.45, 2.75) is 26.2 Å². The Morgan fingerprint density at radius 2 is 2.28 bits per heavy atom. The summed E-state index contributed by atoms with van der Waals surface area (Å²) in [5, 5.41) is 7.31. The number of aryl methyl sites for hydroxylation is 1. The molecule has 0 unspecified atom stereocenters. The van der Waals surface area contributed by atoms with E-state index < -0.39 is 0 Å². The molecule has 1 amide bonds. The minimum atomic E-state index is -0.0575. The van der Waals surface area contributed by atoms with Crippen molar-refractivity contribution in [3.63, 3.8) is 0 Å². The summed E-state index contributed by atoms with van der Waals surface area (Å²) >= 11 is 1.74. The molecular weight excluding hydrogens is 334 g/mol. The Hall–Kier alpha value is -2.38. The molecule has 4 rings (SSSR count). The van der Waals surface area contributed by atoms with Crippen molar-refractivity contribution in [2.24, 2.45) is 7.05 Å². The first-order valence-corrected chi connectivity index (χ1v) is 9.31. The molecule has 0 saturated heterocycles. The first kappa shape index (κ1) is 16.1. The van der Waals surface area contributed by atoms with Crippen LogP contribution in [0.1, 0.15) is 27.6 Å². The average molecular weight is 355 g/mol. The van der Waals surface area contributed by atoms with Gasteiger partial charge >= 0.3 is 0 Å². The average Bonchev–Trinajstić information content (AvgIpc) is 3.34. The van der Waals surface area contributed by atoms with Gasteiger partial charge in [-0.1, -0.05) is 0 Å². The summed E-state index contributed by atoms with van der Waals surface area (Å²) in [5.41, 5.74) is 3.09. The van der Waals surface area contributed by atoms with Gasteiger partial charge in [0.2, 0.25) is 0 Å². The maximum atomic E-state index is 12.3. The molecule has 0 saturated carbocycles. The smallest absolute Gasteiger partial charge is 0.268 e. The lowest BCUT2D eigenvalue weighted by Crippen LogP contribution is -2.34. The molecule has 1 aliphatic heterocycles. The van der Waals surface area contributed by atoms with Crippen molar-refractivity contribution >= 4 is 17.2 Å². The number of nitrogens with one attached hydrogen (secondary N) is 1. The Labute approximate surface area is 150 Å². The number of rotatable bonds is 5. The number of imidazole rings is 1. The third-order valence-electron chi connectivity index (χ3n) is 4.62.